The van der Waals surface area contributed by atoms with Crippen LogP contribution in [0.1, 0.15) is 19.8 Å². The van der Waals surface area contributed by atoms with E-state index in [0.717, 1.165) is 18.8 Å². The molecular formula is C14H24N4O2S. The Morgan fingerprint density at radius 3 is 2.52 bits per heavy atom. The zero-order valence-corrected chi connectivity index (χ0v) is 13.4. The monoisotopic (exact) mass is 312 g/mol. The lowest BCUT2D eigenvalue weighted by molar-refractivity contribution is 0.208. The molecule has 1 unspecified atom stereocenters. The molecule has 1 aliphatic heterocycles. The molecule has 1 atom stereocenters. The van der Waals surface area contributed by atoms with Crippen molar-refractivity contribution in [2.75, 3.05) is 30.2 Å². The molecule has 0 aliphatic carbocycles. The molecule has 1 fully saturated rings. The molecule has 1 aliphatic rings. The average molecular weight is 312 g/mol. The molecular weight excluding hydrogens is 288 g/mol. The molecule has 1 saturated heterocycles. The number of benzene rings is 1. The lowest BCUT2D eigenvalue weighted by Crippen LogP contribution is -2.37. The number of anilines is 2. The summed E-state index contributed by atoms with van der Waals surface area (Å²) in [6.07, 6.45) is 2.36. The summed E-state index contributed by atoms with van der Waals surface area (Å²) in [5, 5.41) is 8.44. The minimum absolute atomic E-state index is 0.350. The number of nitrogens with two attached hydrogens (primary N) is 1. The highest BCUT2D eigenvalue weighted by Gasteiger charge is 2.22. The van der Waals surface area contributed by atoms with Gasteiger partial charge in [0.2, 0.25) is 0 Å². The molecule has 0 amide bonds. The van der Waals surface area contributed by atoms with Crippen molar-refractivity contribution in [3.05, 3.63) is 24.3 Å². The van der Waals surface area contributed by atoms with Crippen molar-refractivity contribution >= 4 is 21.6 Å². The van der Waals surface area contributed by atoms with E-state index in [-0.39, 0.29) is 0 Å². The van der Waals surface area contributed by atoms with Gasteiger partial charge in [-0.1, -0.05) is 6.07 Å². The second-order valence-corrected chi connectivity index (χ2v) is 7.10. The summed E-state index contributed by atoms with van der Waals surface area (Å²) in [7, 11) is -1.58. The minimum Gasteiger partial charge on any atom is -0.382 e. The van der Waals surface area contributed by atoms with Crippen LogP contribution in [0.15, 0.2) is 24.3 Å². The molecule has 1 aromatic rings. The Kier molecular flexibility index (Phi) is 5.08. The number of likely N-dealkylation sites (tertiary alicyclic amines) is 1. The Hall–Kier alpha value is -1.31. The SMILES string of the molecule is CC(Nc1cccc(NS(N)(=O)=O)c1)C1CCN(C)CC1. The average Bonchev–Trinajstić information content (AvgIpc) is 2.37. The third-order valence-corrected chi connectivity index (χ3v) is 4.51. The molecule has 0 saturated carbocycles. The van der Waals surface area contributed by atoms with E-state index in [0.29, 0.717) is 17.6 Å². The van der Waals surface area contributed by atoms with Gasteiger partial charge in [-0.3, -0.25) is 4.72 Å². The van der Waals surface area contributed by atoms with Crippen molar-refractivity contribution in [3.8, 4) is 0 Å². The van der Waals surface area contributed by atoms with E-state index >= 15 is 0 Å². The summed E-state index contributed by atoms with van der Waals surface area (Å²) in [5.41, 5.74) is 1.37. The third kappa shape index (κ3) is 5.18. The van der Waals surface area contributed by atoms with Gasteiger partial charge in [-0.05, 0) is 64.0 Å². The zero-order valence-electron chi connectivity index (χ0n) is 12.5. The Labute approximate surface area is 126 Å². The van der Waals surface area contributed by atoms with Gasteiger partial charge in [0.05, 0.1) is 5.69 Å². The van der Waals surface area contributed by atoms with Gasteiger partial charge < -0.3 is 10.2 Å². The summed E-state index contributed by atoms with van der Waals surface area (Å²) < 4.78 is 24.4. The van der Waals surface area contributed by atoms with Crippen LogP contribution in [0, 0.1) is 5.92 Å². The first kappa shape index (κ1) is 16.1. The largest absolute Gasteiger partial charge is 0.382 e. The highest BCUT2D eigenvalue weighted by molar-refractivity contribution is 7.90. The van der Waals surface area contributed by atoms with Crippen molar-refractivity contribution in [1.82, 2.24) is 4.90 Å². The van der Waals surface area contributed by atoms with Crippen LogP contribution < -0.4 is 15.2 Å². The summed E-state index contributed by atoms with van der Waals surface area (Å²) in [5.74, 6) is 0.635. The van der Waals surface area contributed by atoms with Crippen LogP contribution in [0.25, 0.3) is 0 Å². The van der Waals surface area contributed by atoms with Gasteiger partial charge in [0.25, 0.3) is 10.2 Å². The Bertz CT molecular complexity index is 568. The van der Waals surface area contributed by atoms with Gasteiger partial charge in [-0.2, -0.15) is 8.42 Å². The van der Waals surface area contributed by atoms with Gasteiger partial charge in [0.15, 0.2) is 0 Å². The van der Waals surface area contributed by atoms with Crippen LogP contribution >= 0.6 is 0 Å². The lowest BCUT2D eigenvalue weighted by Gasteiger charge is -2.33. The van der Waals surface area contributed by atoms with E-state index in [2.05, 4.69) is 28.9 Å². The lowest BCUT2D eigenvalue weighted by atomic mass is 9.90. The highest BCUT2D eigenvalue weighted by atomic mass is 32.2. The summed E-state index contributed by atoms with van der Waals surface area (Å²) in [6, 6.07) is 7.52. The molecule has 21 heavy (non-hydrogen) atoms. The third-order valence-electron chi connectivity index (χ3n) is 3.99. The smallest absolute Gasteiger partial charge is 0.296 e. The van der Waals surface area contributed by atoms with E-state index in [4.69, 9.17) is 5.14 Å². The summed E-state index contributed by atoms with van der Waals surface area (Å²) in [6.45, 7) is 4.43. The van der Waals surface area contributed by atoms with Crippen molar-refractivity contribution in [3.63, 3.8) is 0 Å². The maximum Gasteiger partial charge on any atom is 0.296 e. The predicted molar refractivity (Wildman–Crippen MR) is 86.5 cm³/mol. The maximum atomic E-state index is 11.1. The first-order chi connectivity index (χ1) is 9.83. The highest BCUT2D eigenvalue weighted by Crippen LogP contribution is 2.24. The second kappa shape index (κ2) is 6.64. The van der Waals surface area contributed by atoms with Gasteiger partial charge in [-0.25, -0.2) is 5.14 Å². The summed E-state index contributed by atoms with van der Waals surface area (Å²) >= 11 is 0. The van der Waals surface area contributed by atoms with Crippen LogP contribution in [0.3, 0.4) is 0 Å². The maximum absolute atomic E-state index is 11.1. The standard InChI is InChI=1S/C14H24N4O2S/c1-11(12-6-8-18(2)9-7-12)16-13-4-3-5-14(10-13)17-21(15,19)20/h3-5,10-12,16-17H,6-9H2,1-2H3,(H2,15,19,20). The van der Waals surface area contributed by atoms with Gasteiger partial charge in [0, 0.05) is 11.7 Å². The minimum atomic E-state index is -3.73. The molecule has 7 heteroatoms. The molecule has 1 aromatic carbocycles. The Morgan fingerprint density at radius 2 is 1.90 bits per heavy atom. The van der Waals surface area contributed by atoms with Crippen LogP contribution in [-0.2, 0) is 10.2 Å². The molecule has 0 spiro atoms. The van der Waals surface area contributed by atoms with Crippen LogP contribution in [0.4, 0.5) is 11.4 Å². The first-order valence-electron chi connectivity index (χ1n) is 7.19. The van der Waals surface area contributed by atoms with Crippen LogP contribution in [0.2, 0.25) is 0 Å². The van der Waals surface area contributed by atoms with Crippen molar-refractivity contribution in [1.29, 1.82) is 0 Å². The molecule has 0 radical (unpaired) electrons. The van der Waals surface area contributed by atoms with Crippen molar-refractivity contribution in [2.24, 2.45) is 11.1 Å². The molecule has 118 valence electrons. The Balaban J connectivity index is 1.97. The van der Waals surface area contributed by atoms with E-state index in [1.807, 2.05) is 6.07 Å². The zero-order chi connectivity index (χ0) is 15.5. The van der Waals surface area contributed by atoms with E-state index < -0.39 is 10.2 Å². The number of rotatable bonds is 5. The van der Waals surface area contributed by atoms with Gasteiger partial charge >= 0.3 is 0 Å². The molecule has 2 rings (SSSR count). The molecule has 6 nitrogen and oxygen atoms in total. The number of nitrogens with zero attached hydrogens (tertiary/aromatic N) is 1. The van der Waals surface area contributed by atoms with Gasteiger partial charge in [-0.15, -0.1) is 0 Å². The van der Waals surface area contributed by atoms with Crippen molar-refractivity contribution < 1.29 is 8.42 Å². The predicted octanol–water partition coefficient (Wildman–Crippen LogP) is 1.44. The normalized spacial score (nSPS) is 19.2. The van der Waals surface area contributed by atoms with E-state index in [1.165, 1.54) is 12.8 Å². The number of hydrogen-bond donors (Lipinski definition) is 3. The molecule has 0 bridgehead atoms. The van der Waals surface area contributed by atoms with E-state index in [9.17, 15) is 8.42 Å². The molecule has 0 aromatic heterocycles. The fourth-order valence-electron chi connectivity index (χ4n) is 2.75. The first-order valence-corrected chi connectivity index (χ1v) is 8.74. The van der Waals surface area contributed by atoms with Crippen LogP contribution in [-0.4, -0.2) is 39.5 Å². The fourth-order valence-corrected chi connectivity index (χ4v) is 3.20. The topological polar surface area (TPSA) is 87.5 Å². The van der Waals surface area contributed by atoms with E-state index in [1.54, 1.807) is 18.2 Å². The molecule has 4 N–H and O–H groups in total. The number of piperidine rings is 1. The second-order valence-electron chi connectivity index (χ2n) is 5.80. The van der Waals surface area contributed by atoms with Gasteiger partial charge in [0.1, 0.15) is 0 Å². The summed E-state index contributed by atoms with van der Waals surface area (Å²) in [4.78, 5) is 2.35. The number of hydrogen-bond acceptors (Lipinski definition) is 4. The number of nitrogens with one attached hydrogen (secondary N) is 2. The van der Waals surface area contributed by atoms with Crippen LogP contribution in [0.5, 0.6) is 0 Å². The van der Waals surface area contributed by atoms with Crippen molar-refractivity contribution in [2.45, 2.75) is 25.8 Å². The quantitative estimate of drug-likeness (QED) is 0.768. The molecule has 1 heterocycles. The fraction of sp³-hybridized carbons (Fsp3) is 0.571. The Morgan fingerprint density at radius 1 is 1.29 bits per heavy atom.